The maximum Gasteiger partial charge on any atom is 0.416 e. The quantitative estimate of drug-likeness (QED) is 0.650. The molecule has 0 bridgehead atoms. The zero-order valence-corrected chi connectivity index (χ0v) is 16.4. The van der Waals surface area contributed by atoms with E-state index in [1.807, 2.05) is 11.0 Å². The molecule has 1 aromatic carbocycles. The fraction of sp³-hybridized carbons (Fsp3) is 0.450. The lowest BCUT2D eigenvalue weighted by molar-refractivity contribution is -0.137. The first-order chi connectivity index (χ1) is 13.4. The lowest BCUT2D eigenvalue weighted by Gasteiger charge is -2.26. The van der Waals surface area contributed by atoms with E-state index in [2.05, 4.69) is 10.2 Å². The van der Waals surface area contributed by atoms with Crippen LogP contribution in [0.1, 0.15) is 30.6 Å². The van der Waals surface area contributed by atoms with Crippen LogP contribution in [0.2, 0.25) is 0 Å². The zero-order valence-electron chi connectivity index (χ0n) is 15.5. The number of nitrogens with one attached hydrogen (secondary N) is 1. The molecule has 0 amide bonds. The van der Waals surface area contributed by atoms with Crippen LogP contribution in [-0.2, 0) is 12.7 Å². The molecule has 1 fully saturated rings. The summed E-state index contributed by atoms with van der Waals surface area (Å²) < 4.78 is 44.2. The Morgan fingerprint density at radius 3 is 2.64 bits per heavy atom. The Kier molecular flexibility index (Phi) is 6.96. The monoisotopic (exact) mass is 411 g/mol. The minimum Gasteiger partial charge on any atom is -0.467 e. The first-order valence-electron chi connectivity index (χ1n) is 9.40. The summed E-state index contributed by atoms with van der Waals surface area (Å²) in [5.74, 6) is 0.759. The summed E-state index contributed by atoms with van der Waals surface area (Å²) in [6, 6.07) is 8.74. The number of thiocarbonyl (C=S) groups is 1. The number of benzene rings is 1. The highest BCUT2D eigenvalue weighted by Gasteiger charge is 2.30. The third kappa shape index (κ3) is 5.97. The molecule has 1 aliphatic rings. The van der Waals surface area contributed by atoms with Crippen LogP contribution in [0.15, 0.2) is 47.1 Å². The molecular formula is C20H24F3N3OS. The van der Waals surface area contributed by atoms with Gasteiger partial charge in [-0.05, 0) is 81.4 Å². The van der Waals surface area contributed by atoms with Gasteiger partial charge in [-0.1, -0.05) is 6.07 Å². The first-order valence-corrected chi connectivity index (χ1v) is 9.80. The van der Waals surface area contributed by atoms with E-state index < -0.39 is 11.7 Å². The van der Waals surface area contributed by atoms with E-state index in [0.717, 1.165) is 43.9 Å². The van der Waals surface area contributed by atoms with Crippen LogP contribution in [0.25, 0.3) is 0 Å². The van der Waals surface area contributed by atoms with Crippen molar-refractivity contribution >= 4 is 23.0 Å². The maximum absolute atomic E-state index is 12.9. The van der Waals surface area contributed by atoms with E-state index >= 15 is 0 Å². The summed E-state index contributed by atoms with van der Waals surface area (Å²) in [6.07, 6.45) is 0.617. The number of furan rings is 1. The second kappa shape index (κ2) is 9.43. The molecule has 1 aliphatic heterocycles. The summed E-state index contributed by atoms with van der Waals surface area (Å²) in [4.78, 5) is 4.36. The fourth-order valence-corrected chi connectivity index (χ4v) is 3.58. The van der Waals surface area contributed by atoms with Gasteiger partial charge in [0.1, 0.15) is 5.76 Å². The van der Waals surface area contributed by atoms with Crippen molar-refractivity contribution in [2.75, 3.05) is 31.5 Å². The van der Waals surface area contributed by atoms with E-state index in [0.29, 0.717) is 23.9 Å². The van der Waals surface area contributed by atoms with Gasteiger partial charge in [0.2, 0.25) is 0 Å². The summed E-state index contributed by atoms with van der Waals surface area (Å²) in [6.45, 7) is 4.41. The Balaban J connectivity index is 1.63. The van der Waals surface area contributed by atoms with Crippen molar-refractivity contribution in [1.29, 1.82) is 0 Å². The number of anilines is 1. The smallest absolute Gasteiger partial charge is 0.416 e. The van der Waals surface area contributed by atoms with Crippen molar-refractivity contribution in [2.24, 2.45) is 0 Å². The van der Waals surface area contributed by atoms with Crippen molar-refractivity contribution in [3.63, 3.8) is 0 Å². The molecular weight excluding hydrogens is 387 g/mol. The molecule has 1 saturated heterocycles. The Morgan fingerprint density at radius 2 is 1.96 bits per heavy atom. The van der Waals surface area contributed by atoms with E-state index in [4.69, 9.17) is 16.6 Å². The maximum atomic E-state index is 12.9. The number of hydrogen-bond acceptors (Lipinski definition) is 3. The van der Waals surface area contributed by atoms with Gasteiger partial charge in [-0.15, -0.1) is 0 Å². The molecule has 8 heteroatoms. The van der Waals surface area contributed by atoms with Crippen LogP contribution >= 0.6 is 12.2 Å². The van der Waals surface area contributed by atoms with Crippen molar-refractivity contribution in [3.8, 4) is 0 Å². The third-order valence-electron chi connectivity index (χ3n) is 4.76. The van der Waals surface area contributed by atoms with Crippen molar-refractivity contribution < 1.29 is 17.6 Å². The fourth-order valence-electron chi connectivity index (χ4n) is 3.31. The molecule has 0 unspecified atom stereocenters. The predicted molar refractivity (Wildman–Crippen MR) is 107 cm³/mol. The van der Waals surface area contributed by atoms with Gasteiger partial charge in [-0.3, -0.25) is 0 Å². The van der Waals surface area contributed by atoms with E-state index in [1.165, 1.54) is 18.9 Å². The van der Waals surface area contributed by atoms with Gasteiger partial charge in [-0.2, -0.15) is 13.2 Å². The molecule has 0 aliphatic carbocycles. The van der Waals surface area contributed by atoms with Crippen LogP contribution in [0.3, 0.4) is 0 Å². The van der Waals surface area contributed by atoms with Gasteiger partial charge in [-0.25, -0.2) is 0 Å². The lowest BCUT2D eigenvalue weighted by Crippen LogP contribution is -2.36. The number of likely N-dealkylation sites (tertiary alicyclic amines) is 1. The second-order valence-corrected chi connectivity index (χ2v) is 7.30. The molecule has 2 heterocycles. The zero-order chi connectivity index (χ0) is 20.0. The normalized spacial score (nSPS) is 15.0. The minimum atomic E-state index is -4.39. The SMILES string of the molecule is FC(F)(F)c1cccc(NC(=S)N(CCCN2CCCC2)Cc2ccco2)c1. The Labute approximate surface area is 168 Å². The molecule has 1 N–H and O–H groups in total. The average Bonchev–Trinajstić information content (AvgIpc) is 3.34. The topological polar surface area (TPSA) is 31.6 Å². The van der Waals surface area contributed by atoms with Crippen LogP contribution in [0, 0.1) is 0 Å². The number of nitrogens with zero attached hydrogens (tertiary/aromatic N) is 2. The highest BCUT2D eigenvalue weighted by Crippen LogP contribution is 2.30. The summed E-state index contributed by atoms with van der Waals surface area (Å²) in [5, 5.41) is 3.33. The number of hydrogen-bond donors (Lipinski definition) is 1. The predicted octanol–water partition coefficient (Wildman–Crippen LogP) is 4.98. The highest BCUT2D eigenvalue weighted by molar-refractivity contribution is 7.80. The first kappa shape index (κ1) is 20.7. The van der Waals surface area contributed by atoms with Gasteiger partial charge in [0.15, 0.2) is 5.11 Å². The van der Waals surface area contributed by atoms with Gasteiger partial charge in [0.25, 0.3) is 0 Å². The van der Waals surface area contributed by atoms with E-state index in [9.17, 15) is 13.2 Å². The molecule has 0 radical (unpaired) electrons. The van der Waals surface area contributed by atoms with E-state index in [1.54, 1.807) is 18.4 Å². The third-order valence-corrected chi connectivity index (χ3v) is 5.12. The molecule has 2 aromatic rings. The van der Waals surface area contributed by atoms with Crippen LogP contribution < -0.4 is 5.32 Å². The molecule has 0 saturated carbocycles. The van der Waals surface area contributed by atoms with Crippen molar-refractivity contribution in [1.82, 2.24) is 9.80 Å². The van der Waals surface area contributed by atoms with Gasteiger partial charge < -0.3 is 19.5 Å². The highest BCUT2D eigenvalue weighted by atomic mass is 32.1. The van der Waals surface area contributed by atoms with Gasteiger partial charge >= 0.3 is 6.18 Å². The Bertz CT molecular complexity index is 758. The number of halogens is 3. The summed E-state index contributed by atoms with van der Waals surface area (Å²) in [5.41, 5.74) is -0.379. The Morgan fingerprint density at radius 1 is 1.18 bits per heavy atom. The van der Waals surface area contributed by atoms with E-state index in [-0.39, 0.29) is 0 Å². The van der Waals surface area contributed by atoms with Crippen LogP contribution in [0.5, 0.6) is 0 Å². The van der Waals surface area contributed by atoms with Crippen molar-refractivity contribution in [2.45, 2.75) is 32.0 Å². The summed E-state index contributed by atoms with van der Waals surface area (Å²) >= 11 is 5.49. The second-order valence-electron chi connectivity index (χ2n) is 6.91. The molecule has 0 spiro atoms. The van der Waals surface area contributed by atoms with Crippen LogP contribution in [0.4, 0.5) is 18.9 Å². The Hall–Kier alpha value is -2.06. The largest absolute Gasteiger partial charge is 0.467 e. The number of alkyl halides is 3. The molecule has 3 rings (SSSR count). The van der Waals surface area contributed by atoms with Gasteiger partial charge in [0, 0.05) is 12.2 Å². The molecule has 4 nitrogen and oxygen atoms in total. The average molecular weight is 411 g/mol. The summed E-state index contributed by atoms with van der Waals surface area (Å²) in [7, 11) is 0. The van der Waals surface area contributed by atoms with Crippen LogP contribution in [-0.4, -0.2) is 41.1 Å². The standard InChI is InChI=1S/C20H24F3N3OS/c21-20(22,23)16-6-3-7-17(14-16)24-19(28)26(15-18-8-4-13-27-18)12-5-11-25-9-1-2-10-25/h3-4,6-8,13-14H,1-2,5,9-12,15H2,(H,24,28). The van der Waals surface area contributed by atoms with Crippen molar-refractivity contribution in [3.05, 3.63) is 54.0 Å². The molecule has 28 heavy (non-hydrogen) atoms. The lowest BCUT2D eigenvalue weighted by atomic mass is 10.2. The number of rotatable bonds is 7. The molecule has 0 atom stereocenters. The van der Waals surface area contributed by atoms with Gasteiger partial charge in [0.05, 0.1) is 18.4 Å². The molecule has 1 aromatic heterocycles. The molecule has 152 valence electrons. The minimum absolute atomic E-state index is 0.323.